The maximum atomic E-state index is 11.8. The summed E-state index contributed by atoms with van der Waals surface area (Å²) in [5.41, 5.74) is 0.236. The molecule has 1 aliphatic carbocycles. The lowest BCUT2D eigenvalue weighted by Crippen LogP contribution is -2.46. The summed E-state index contributed by atoms with van der Waals surface area (Å²) < 4.78 is 5.77. The normalized spacial score (nSPS) is 21.4. The first-order valence-corrected chi connectivity index (χ1v) is 8.37. The van der Waals surface area contributed by atoms with Gasteiger partial charge in [-0.05, 0) is 18.9 Å². The van der Waals surface area contributed by atoms with Gasteiger partial charge >= 0.3 is 0 Å². The molecule has 2 fully saturated rings. The second-order valence-electron chi connectivity index (χ2n) is 6.48. The van der Waals surface area contributed by atoms with E-state index in [1.807, 2.05) is 0 Å². The third kappa shape index (κ3) is 3.33. The highest BCUT2D eigenvalue weighted by Crippen LogP contribution is 2.30. The van der Waals surface area contributed by atoms with E-state index in [2.05, 4.69) is 20.2 Å². The molecule has 9 heteroatoms. The van der Waals surface area contributed by atoms with Gasteiger partial charge in [0.25, 0.3) is 11.2 Å². The van der Waals surface area contributed by atoms with Gasteiger partial charge in [-0.15, -0.1) is 0 Å². The van der Waals surface area contributed by atoms with Crippen LogP contribution < -0.4 is 10.9 Å². The number of nitro groups is 1. The Balaban J connectivity index is 1.54. The summed E-state index contributed by atoms with van der Waals surface area (Å²) in [5, 5.41) is 14.7. The van der Waals surface area contributed by atoms with E-state index < -0.39 is 10.5 Å². The van der Waals surface area contributed by atoms with Crippen LogP contribution in [0.4, 0.5) is 11.4 Å². The molecule has 0 amide bonds. The molecule has 2 N–H and O–H groups in total. The third-order valence-corrected chi connectivity index (χ3v) is 4.71. The van der Waals surface area contributed by atoms with Gasteiger partial charge in [0.05, 0.1) is 34.9 Å². The zero-order valence-corrected chi connectivity index (χ0v) is 13.6. The van der Waals surface area contributed by atoms with Crippen molar-refractivity contribution in [2.24, 2.45) is 0 Å². The van der Waals surface area contributed by atoms with Crippen molar-refractivity contribution in [3.05, 3.63) is 38.9 Å². The fourth-order valence-electron chi connectivity index (χ4n) is 3.26. The van der Waals surface area contributed by atoms with Crippen LogP contribution >= 0.6 is 0 Å². The van der Waals surface area contributed by atoms with Crippen molar-refractivity contribution >= 4 is 22.3 Å². The van der Waals surface area contributed by atoms with Crippen molar-refractivity contribution in [3.8, 4) is 0 Å². The average Bonchev–Trinajstić information content (AvgIpc) is 3.45. The molecule has 1 saturated carbocycles. The lowest BCUT2D eigenvalue weighted by Gasteiger charge is -2.33. The third-order valence-electron chi connectivity index (χ3n) is 4.71. The first-order valence-electron chi connectivity index (χ1n) is 8.37. The first-order chi connectivity index (χ1) is 12.1. The monoisotopic (exact) mass is 345 g/mol. The Hall–Kier alpha value is -2.52. The van der Waals surface area contributed by atoms with Crippen molar-refractivity contribution < 1.29 is 9.66 Å². The largest absolute Gasteiger partial charge is 0.377 e. The van der Waals surface area contributed by atoms with Crippen LogP contribution in [0, 0.1) is 10.1 Å². The molecule has 2 aromatic rings. The van der Waals surface area contributed by atoms with Crippen molar-refractivity contribution in [1.82, 2.24) is 14.9 Å². The molecular formula is C16H19N5O4. The maximum Gasteiger partial charge on any atom is 0.293 e. The van der Waals surface area contributed by atoms with Crippen molar-refractivity contribution in [2.75, 3.05) is 31.6 Å². The van der Waals surface area contributed by atoms with E-state index >= 15 is 0 Å². The van der Waals surface area contributed by atoms with Gasteiger partial charge in [-0.25, -0.2) is 4.98 Å². The number of hydrogen-bond donors (Lipinski definition) is 2. The van der Waals surface area contributed by atoms with Crippen molar-refractivity contribution in [2.45, 2.75) is 25.0 Å². The van der Waals surface area contributed by atoms with Crippen LogP contribution in [-0.4, -0.2) is 58.2 Å². The number of rotatable bonds is 5. The minimum atomic E-state index is -0.494. The van der Waals surface area contributed by atoms with Crippen molar-refractivity contribution in [1.29, 1.82) is 0 Å². The molecule has 1 unspecified atom stereocenters. The van der Waals surface area contributed by atoms with E-state index in [1.54, 1.807) is 6.07 Å². The summed E-state index contributed by atoms with van der Waals surface area (Å²) >= 11 is 0. The first kappa shape index (κ1) is 16.0. The van der Waals surface area contributed by atoms with Gasteiger partial charge in [-0.2, -0.15) is 0 Å². The minimum absolute atomic E-state index is 0.0169. The van der Waals surface area contributed by atoms with Gasteiger partial charge in [0, 0.05) is 31.7 Å². The molecule has 1 atom stereocenters. The fourth-order valence-corrected chi connectivity index (χ4v) is 3.26. The molecule has 0 spiro atoms. The molecule has 1 aliphatic heterocycles. The summed E-state index contributed by atoms with van der Waals surface area (Å²) in [4.78, 5) is 31.6. The molecule has 1 aromatic carbocycles. The summed E-state index contributed by atoms with van der Waals surface area (Å²) in [6, 6.07) is 3.49. The number of aromatic amines is 1. The maximum absolute atomic E-state index is 11.8. The quantitative estimate of drug-likeness (QED) is 0.616. The summed E-state index contributed by atoms with van der Waals surface area (Å²) in [6.07, 6.45) is 3.77. The molecule has 132 valence electrons. The fraction of sp³-hybridized carbons (Fsp3) is 0.500. The Labute approximate surface area is 143 Å². The Morgan fingerprint density at radius 1 is 1.44 bits per heavy atom. The van der Waals surface area contributed by atoms with E-state index in [-0.39, 0.29) is 17.2 Å². The lowest BCUT2D eigenvalue weighted by molar-refractivity contribution is -0.383. The standard InChI is InChI=1S/C16H19N5O4/c22-16-12-5-15(21(23)24)14(6-13(12)18-9-19-16)17-7-11-8-20(3-4-25-11)10-1-2-10/h5-6,9-11,17H,1-4,7-8H2,(H,18,19,22). The van der Waals surface area contributed by atoms with Gasteiger partial charge in [0.2, 0.25) is 0 Å². The van der Waals surface area contributed by atoms with E-state index in [0.717, 1.165) is 13.1 Å². The SMILES string of the molecule is O=c1[nH]cnc2cc(NCC3CN(C4CC4)CCO3)c([N+](=O)[O-])cc12. The molecule has 25 heavy (non-hydrogen) atoms. The van der Waals surface area contributed by atoms with Crippen molar-refractivity contribution in [3.63, 3.8) is 0 Å². The number of nitrogens with one attached hydrogen (secondary N) is 2. The van der Waals surface area contributed by atoms with E-state index in [9.17, 15) is 14.9 Å². The summed E-state index contributed by atoms with van der Waals surface area (Å²) in [5.74, 6) is 0. The highest BCUT2D eigenvalue weighted by Gasteiger charge is 2.33. The van der Waals surface area contributed by atoms with Crippen LogP contribution in [0.2, 0.25) is 0 Å². The number of benzene rings is 1. The zero-order chi connectivity index (χ0) is 17.4. The topological polar surface area (TPSA) is 113 Å². The van der Waals surface area contributed by atoms with Crippen LogP contribution in [0.15, 0.2) is 23.3 Å². The van der Waals surface area contributed by atoms with Crippen LogP contribution in [0.3, 0.4) is 0 Å². The molecule has 0 bridgehead atoms. The van der Waals surface area contributed by atoms with E-state index in [1.165, 1.54) is 25.2 Å². The van der Waals surface area contributed by atoms with E-state index in [0.29, 0.717) is 30.4 Å². The second kappa shape index (κ2) is 6.41. The predicted molar refractivity (Wildman–Crippen MR) is 91.8 cm³/mol. The number of anilines is 1. The van der Waals surface area contributed by atoms with Crippen LogP contribution in [0.5, 0.6) is 0 Å². The smallest absolute Gasteiger partial charge is 0.293 e. The van der Waals surface area contributed by atoms with Gasteiger partial charge in [-0.1, -0.05) is 0 Å². The van der Waals surface area contributed by atoms with Crippen LogP contribution in [-0.2, 0) is 4.74 Å². The number of hydrogen-bond acceptors (Lipinski definition) is 7. The van der Waals surface area contributed by atoms with Crippen LogP contribution in [0.25, 0.3) is 10.9 Å². The number of fused-ring (bicyclic) bond motifs is 1. The summed E-state index contributed by atoms with van der Waals surface area (Å²) in [6.45, 7) is 2.93. The number of aromatic nitrogens is 2. The van der Waals surface area contributed by atoms with Crippen LogP contribution in [0.1, 0.15) is 12.8 Å². The number of nitrogens with zero attached hydrogens (tertiary/aromatic N) is 3. The molecule has 2 heterocycles. The molecule has 1 saturated heterocycles. The molecule has 9 nitrogen and oxygen atoms in total. The molecule has 0 radical (unpaired) electrons. The minimum Gasteiger partial charge on any atom is -0.377 e. The van der Waals surface area contributed by atoms with Gasteiger partial charge < -0.3 is 15.0 Å². The number of ether oxygens (including phenoxy) is 1. The van der Waals surface area contributed by atoms with Gasteiger partial charge in [0.15, 0.2) is 0 Å². The molecule has 1 aromatic heterocycles. The zero-order valence-electron chi connectivity index (χ0n) is 13.6. The second-order valence-corrected chi connectivity index (χ2v) is 6.48. The molecule has 2 aliphatic rings. The Kier molecular flexibility index (Phi) is 4.10. The lowest BCUT2D eigenvalue weighted by atomic mass is 10.1. The highest BCUT2D eigenvalue weighted by molar-refractivity contribution is 5.86. The number of morpholine rings is 1. The number of H-pyrrole nitrogens is 1. The van der Waals surface area contributed by atoms with E-state index in [4.69, 9.17) is 4.74 Å². The average molecular weight is 345 g/mol. The predicted octanol–water partition coefficient (Wildman–Crippen LogP) is 1.11. The Morgan fingerprint density at radius 3 is 3.04 bits per heavy atom. The highest BCUT2D eigenvalue weighted by atomic mass is 16.6. The van der Waals surface area contributed by atoms with Gasteiger partial charge in [-0.3, -0.25) is 19.8 Å². The van der Waals surface area contributed by atoms with Gasteiger partial charge in [0.1, 0.15) is 5.69 Å². The summed E-state index contributed by atoms with van der Waals surface area (Å²) in [7, 11) is 0. The molecule has 4 rings (SSSR count). The Morgan fingerprint density at radius 2 is 2.28 bits per heavy atom. The molecular weight excluding hydrogens is 326 g/mol. The number of nitro benzene ring substituents is 1. The Bertz CT molecular complexity index is 863.